The summed E-state index contributed by atoms with van der Waals surface area (Å²) in [6, 6.07) is 9.88. The molecule has 2 rings (SSSR count). The summed E-state index contributed by atoms with van der Waals surface area (Å²) in [6.45, 7) is 3.54. The molecule has 0 aromatic heterocycles. The first-order chi connectivity index (χ1) is 12.5. The number of hydrogen-bond acceptors (Lipinski definition) is 4. The van der Waals surface area contributed by atoms with Gasteiger partial charge < -0.3 is 9.84 Å². The molecule has 26 heavy (non-hydrogen) atoms. The Morgan fingerprint density at radius 2 is 2.04 bits per heavy atom. The Balaban J connectivity index is 2.07. The maximum Gasteiger partial charge on any atom is 0.303 e. The number of carbonyl (C=O) groups is 2. The van der Waals surface area contributed by atoms with Crippen LogP contribution in [0.15, 0.2) is 42.5 Å². The van der Waals surface area contributed by atoms with Gasteiger partial charge in [-0.15, -0.1) is 0 Å². The van der Waals surface area contributed by atoms with Crippen molar-refractivity contribution in [1.29, 1.82) is 0 Å². The number of benzene rings is 1. The molecule has 0 radical (unpaired) electrons. The minimum atomic E-state index is -0.666. The van der Waals surface area contributed by atoms with Crippen LogP contribution >= 0.6 is 0 Å². The molecule has 0 amide bonds. The quantitative estimate of drug-likeness (QED) is 0.413. The molecular formula is C22H30O4. The Hall–Kier alpha value is -1.94. The van der Waals surface area contributed by atoms with Gasteiger partial charge >= 0.3 is 5.97 Å². The molecule has 1 aromatic rings. The Labute approximate surface area is 156 Å². The van der Waals surface area contributed by atoms with Crippen LogP contribution in [0.5, 0.6) is 0 Å². The van der Waals surface area contributed by atoms with Gasteiger partial charge in [-0.05, 0) is 30.9 Å². The Bertz CT molecular complexity index is 608. The summed E-state index contributed by atoms with van der Waals surface area (Å²) in [5.74, 6) is -0.657. The number of unbranched alkanes of at least 4 members (excludes halogenated alkanes) is 2. The number of Topliss-reactive ketones (excluding diaryl/α,β-unsaturated/α-hetero) is 1. The van der Waals surface area contributed by atoms with Gasteiger partial charge in [-0.2, -0.15) is 0 Å². The van der Waals surface area contributed by atoms with Crippen LogP contribution in [0.4, 0.5) is 0 Å². The number of aliphatic hydroxyl groups is 1. The molecule has 0 aliphatic heterocycles. The molecule has 4 nitrogen and oxygen atoms in total. The second kappa shape index (κ2) is 10.3. The van der Waals surface area contributed by atoms with Gasteiger partial charge in [0.2, 0.25) is 0 Å². The minimum Gasteiger partial charge on any atom is -0.458 e. The van der Waals surface area contributed by atoms with Gasteiger partial charge in [0.1, 0.15) is 11.9 Å². The maximum absolute atomic E-state index is 12.4. The fourth-order valence-corrected chi connectivity index (χ4v) is 3.61. The van der Waals surface area contributed by atoms with Crippen LogP contribution in [0, 0.1) is 11.8 Å². The third kappa shape index (κ3) is 6.10. The first-order valence-corrected chi connectivity index (χ1v) is 9.61. The Morgan fingerprint density at radius 1 is 1.31 bits per heavy atom. The van der Waals surface area contributed by atoms with Crippen molar-refractivity contribution < 1.29 is 19.4 Å². The number of esters is 1. The van der Waals surface area contributed by atoms with Crippen LogP contribution in [0.3, 0.4) is 0 Å². The molecule has 1 aromatic carbocycles. The van der Waals surface area contributed by atoms with Crippen molar-refractivity contribution in [3.8, 4) is 0 Å². The first kappa shape index (κ1) is 20.4. The van der Waals surface area contributed by atoms with Crippen LogP contribution in [-0.4, -0.2) is 29.1 Å². The topological polar surface area (TPSA) is 63.6 Å². The monoisotopic (exact) mass is 358 g/mol. The van der Waals surface area contributed by atoms with Crippen LogP contribution in [0.2, 0.25) is 0 Å². The van der Waals surface area contributed by atoms with Crippen molar-refractivity contribution in [3.63, 3.8) is 0 Å². The van der Waals surface area contributed by atoms with E-state index in [2.05, 4.69) is 6.92 Å². The molecule has 0 heterocycles. The molecule has 1 saturated carbocycles. The van der Waals surface area contributed by atoms with E-state index in [0.29, 0.717) is 6.42 Å². The average Bonchev–Trinajstić information content (AvgIpc) is 2.86. The smallest absolute Gasteiger partial charge is 0.303 e. The largest absolute Gasteiger partial charge is 0.458 e. The van der Waals surface area contributed by atoms with Crippen molar-refractivity contribution in [1.82, 2.24) is 0 Å². The van der Waals surface area contributed by atoms with Crippen molar-refractivity contribution in [2.45, 2.75) is 64.6 Å². The third-order valence-corrected chi connectivity index (χ3v) is 4.99. The van der Waals surface area contributed by atoms with Crippen molar-refractivity contribution in [3.05, 3.63) is 48.0 Å². The second-order valence-electron chi connectivity index (χ2n) is 7.14. The lowest BCUT2D eigenvalue weighted by Crippen LogP contribution is -2.22. The van der Waals surface area contributed by atoms with Gasteiger partial charge in [0.15, 0.2) is 0 Å². The zero-order valence-electron chi connectivity index (χ0n) is 15.8. The molecule has 4 atom stereocenters. The van der Waals surface area contributed by atoms with Gasteiger partial charge in [0.05, 0.1) is 6.10 Å². The lowest BCUT2D eigenvalue weighted by molar-refractivity contribution is -0.144. The summed E-state index contributed by atoms with van der Waals surface area (Å²) in [5.41, 5.74) is 1.10. The minimum absolute atomic E-state index is 0.103. The van der Waals surface area contributed by atoms with Gasteiger partial charge in [0, 0.05) is 25.2 Å². The molecule has 4 heteroatoms. The summed E-state index contributed by atoms with van der Waals surface area (Å²) in [5, 5.41) is 10.3. The molecule has 1 fully saturated rings. The number of hydrogen-bond donors (Lipinski definition) is 1. The number of rotatable bonds is 9. The van der Waals surface area contributed by atoms with Crippen LogP contribution in [0.1, 0.15) is 51.5 Å². The van der Waals surface area contributed by atoms with E-state index in [1.165, 1.54) is 6.92 Å². The normalized spacial score (nSPS) is 24.1. The zero-order chi connectivity index (χ0) is 18.9. The highest BCUT2D eigenvalue weighted by Gasteiger charge is 2.39. The number of ether oxygens (including phenoxy) is 1. The van der Waals surface area contributed by atoms with E-state index in [9.17, 15) is 14.7 Å². The molecule has 0 bridgehead atoms. The predicted molar refractivity (Wildman–Crippen MR) is 102 cm³/mol. The van der Waals surface area contributed by atoms with Crippen molar-refractivity contribution in [2.24, 2.45) is 11.8 Å². The third-order valence-electron chi connectivity index (χ3n) is 4.99. The molecule has 0 unspecified atom stereocenters. The summed E-state index contributed by atoms with van der Waals surface area (Å²) in [4.78, 5) is 23.7. The van der Waals surface area contributed by atoms with E-state index in [1.807, 2.05) is 42.5 Å². The fourth-order valence-electron chi connectivity index (χ4n) is 3.61. The van der Waals surface area contributed by atoms with Crippen molar-refractivity contribution in [2.75, 3.05) is 0 Å². The lowest BCUT2D eigenvalue weighted by atomic mass is 9.87. The average molecular weight is 358 g/mol. The fraction of sp³-hybridized carbons (Fsp3) is 0.545. The van der Waals surface area contributed by atoms with E-state index < -0.39 is 6.10 Å². The summed E-state index contributed by atoms with van der Waals surface area (Å²) >= 11 is 0. The molecular weight excluding hydrogens is 328 g/mol. The van der Waals surface area contributed by atoms with E-state index >= 15 is 0 Å². The van der Waals surface area contributed by atoms with Gasteiger partial charge in [-0.1, -0.05) is 56.2 Å². The first-order valence-electron chi connectivity index (χ1n) is 9.61. The standard InChI is InChI=1S/C22H30O4/c1-3-4-6-11-18(26-16(2)23)12-13-19-20(22(25)15-21(19)24)14-17-9-7-5-8-10-17/h5,7-10,12-13,18-21,24H,3-4,6,11,14-15H2,1-2H3/b13-12+/t18-,19+,20+,21+/m0/s1. The highest BCUT2D eigenvalue weighted by Crippen LogP contribution is 2.33. The van der Waals surface area contributed by atoms with E-state index in [1.54, 1.807) is 0 Å². The van der Waals surface area contributed by atoms with Gasteiger partial charge in [-0.25, -0.2) is 0 Å². The number of carbonyl (C=O) groups excluding carboxylic acids is 2. The zero-order valence-corrected chi connectivity index (χ0v) is 15.8. The van der Waals surface area contributed by atoms with E-state index in [-0.39, 0.29) is 36.1 Å². The SMILES string of the molecule is CCCCC[C@@H](/C=C/[C@H]1[C@H](O)CC(=O)[C@@H]1Cc1ccccc1)OC(C)=O. The molecule has 142 valence electrons. The summed E-state index contributed by atoms with van der Waals surface area (Å²) in [7, 11) is 0. The van der Waals surface area contributed by atoms with E-state index in [0.717, 1.165) is 31.2 Å². The highest BCUT2D eigenvalue weighted by atomic mass is 16.5. The van der Waals surface area contributed by atoms with E-state index in [4.69, 9.17) is 4.74 Å². The Kier molecular flexibility index (Phi) is 8.05. The van der Waals surface area contributed by atoms with Crippen LogP contribution in [0.25, 0.3) is 0 Å². The van der Waals surface area contributed by atoms with Crippen LogP contribution in [-0.2, 0) is 20.7 Å². The molecule has 1 aliphatic carbocycles. The molecule has 0 saturated heterocycles. The summed E-state index contributed by atoms with van der Waals surface area (Å²) in [6.07, 6.45) is 7.56. The van der Waals surface area contributed by atoms with Gasteiger partial charge in [0.25, 0.3) is 0 Å². The number of ketones is 1. The molecule has 1 aliphatic rings. The maximum atomic E-state index is 12.4. The second-order valence-corrected chi connectivity index (χ2v) is 7.14. The lowest BCUT2D eigenvalue weighted by Gasteiger charge is -2.19. The Morgan fingerprint density at radius 3 is 2.69 bits per heavy atom. The number of aliphatic hydroxyl groups excluding tert-OH is 1. The molecule has 1 N–H and O–H groups in total. The van der Waals surface area contributed by atoms with Crippen LogP contribution < -0.4 is 0 Å². The summed E-state index contributed by atoms with van der Waals surface area (Å²) < 4.78 is 5.38. The predicted octanol–water partition coefficient (Wildman–Crippen LogP) is 3.86. The van der Waals surface area contributed by atoms with Gasteiger partial charge in [-0.3, -0.25) is 9.59 Å². The highest BCUT2D eigenvalue weighted by molar-refractivity contribution is 5.85. The van der Waals surface area contributed by atoms with Crippen molar-refractivity contribution >= 4 is 11.8 Å². The molecule has 0 spiro atoms.